The van der Waals surface area contributed by atoms with Crippen LogP contribution in [0.25, 0.3) is 10.8 Å². The number of hydrogen-bond donors (Lipinski definition) is 2. The van der Waals surface area contributed by atoms with Crippen molar-refractivity contribution < 1.29 is 18.1 Å². The van der Waals surface area contributed by atoms with Crippen LogP contribution in [0.4, 0.5) is 0 Å². The van der Waals surface area contributed by atoms with Crippen LogP contribution in [0, 0.1) is 0 Å². The summed E-state index contributed by atoms with van der Waals surface area (Å²) < 4.78 is 31.3. The Morgan fingerprint density at radius 2 is 1.75 bits per heavy atom. The molecule has 0 fully saturated rings. The average molecular weight is 259 g/mol. The Morgan fingerprint density at radius 1 is 1.12 bits per heavy atom. The van der Waals surface area contributed by atoms with E-state index in [1.807, 2.05) is 0 Å². The van der Waals surface area contributed by atoms with Crippen LogP contribution >= 0.6 is 11.6 Å². The van der Waals surface area contributed by atoms with Crippen molar-refractivity contribution in [2.75, 3.05) is 0 Å². The van der Waals surface area contributed by atoms with Crippen LogP contribution in [-0.2, 0) is 10.1 Å². The molecule has 0 amide bonds. The maximum absolute atomic E-state index is 11.1. The van der Waals surface area contributed by atoms with E-state index < -0.39 is 20.8 Å². The summed E-state index contributed by atoms with van der Waals surface area (Å²) in [6.07, 6.45) is 0. The number of phenols is 1. The Labute approximate surface area is 96.8 Å². The molecule has 0 saturated carbocycles. The molecule has 0 atom stereocenters. The molecule has 0 saturated heterocycles. The third-order valence-electron chi connectivity index (χ3n) is 2.17. The van der Waals surface area contributed by atoms with E-state index in [1.54, 1.807) is 12.1 Å². The normalized spacial score (nSPS) is 11.9. The summed E-state index contributed by atoms with van der Waals surface area (Å²) in [7, 11) is -4.49. The summed E-state index contributed by atoms with van der Waals surface area (Å²) in [6.45, 7) is 0. The van der Waals surface area contributed by atoms with Gasteiger partial charge in [-0.2, -0.15) is 8.42 Å². The van der Waals surface area contributed by atoms with Crippen LogP contribution in [0.1, 0.15) is 0 Å². The Balaban J connectivity index is 3.00. The van der Waals surface area contributed by atoms with Gasteiger partial charge in [-0.3, -0.25) is 4.55 Å². The largest absolute Gasteiger partial charge is 0.506 e. The van der Waals surface area contributed by atoms with E-state index in [9.17, 15) is 13.5 Å². The molecule has 0 aromatic heterocycles. The molecule has 2 aromatic carbocycles. The smallest absolute Gasteiger partial charge is 0.298 e. The molecule has 0 aliphatic carbocycles. The molecular formula is C10H7ClO4S. The standard InChI is InChI=1S/C10H7ClO4S/c11-7-3-1-6-2-4-9(12)10(8(6)5-7)16(13,14)15/h1-5,12H,(H,13,14,15). The molecule has 6 heteroatoms. The molecule has 2 rings (SSSR count). The summed E-state index contributed by atoms with van der Waals surface area (Å²) in [5.41, 5.74) is 0. The highest BCUT2D eigenvalue weighted by molar-refractivity contribution is 7.86. The topological polar surface area (TPSA) is 74.6 Å². The zero-order valence-electron chi connectivity index (χ0n) is 7.88. The molecule has 0 aliphatic heterocycles. The van der Waals surface area contributed by atoms with Crippen molar-refractivity contribution in [1.82, 2.24) is 0 Å². The van der Waals surface area contributed by atoms with E-state index in [-0.39, 0.29) is 5.39 Å². The van der Waals surface area contributed by atoms with Crippen molar-refractivity contribution in [3.05, 3.63) is 35.4 Å². The number of halogens is 1. The first kappa shape index (κ1) is 11.2. The van der Waals surface area contributed by atoms with Crippen LogP contribution in [0.2, 0.25) is 5.02 Å². The molecular weight excluding hydrogens is 252 g/mol. The average Bonchev–Trinajstić information content (AvgIpc) is 2.14. The van der Waals surface area contributed by atoms with Crippen LogP contribution in [0.15, 0.2) is 35.2 Å². The van der Waals surface area contributed by atoms with E-state index in [4.69, 9.17) is 16.2 Å². The Kier molecular flexibility index (Phi) is 2.53. The number of hydrogen-bond acceptors (Lipinski definition) is 3. The van der Waals surface area contributed by atoms with Gasteiger partial charge in [-0.1, -0.05) is 23.7 Å². The summed E-state index contributed by atoms with van der Waals surface area (Å²) in [5.74, 6) is -0.503. The number of aromatic hydroxyl groups is 1. The summed E-state index contributed by atoms with van der Waals surface area (Å²) in [6, 6.07) is 7.31. The minimum Gasteiger partial charge on any atom is -0.506 e. The van der Waals surface area contributed by atoms with Crippen molar-refractivity contribution in [3.63, 3.8) is 0 Å². The Morgan fingerprint density at radius 3 is 2.38 bits per heavy atom. The van der Waals surface area contributed by atoms with Crippen molar-refractivity contribution in [2.24, 2.45) is 0 Å². The molecule has 0 bridgehead atoms. The zero-order chi connectivity index (χ0) is 11.9. The van der Waals surface area contributed by atoms with E-state index >= 15 is 0 Å². The van der Waals surface area contributed by atoms with E-state index in [2.05, 4.69) is 0 Å². The Hall–Kier alpha value is -1.30. The first-order valence-electron chi connectivity index (χ1n) is 4.28. The molecule has 0 radical (unpaired) electrons. The van der Waals surface area contributed by atoms with Crippen LogP contribution in [-0.4, -0.2) is 18.1 Å². The van der Waals surface area contributed by atoms with Crippen molar-refractivity contribution >= 4 is 32.5 Å². The summed E-state index contributed by atoms with van der Waals surface area (Å²) in [5, 5.41) is 10.5. The second-order valence-corrected chi connectivity index (χ2v) is 5.05. The highest BCUT2D eigenvalue weighted by atomic mass is 35.5. The molecule has 16 heavy (non-hydrogen) atoms. The molecule has 0 heterocycles. The fourth-order valence-corrected chi connectivity index (χ4v) is 2.48. The molecule has 4 nitrogen and oxygen atoms in total. The minimum atomic E-state index is -4.49. The maximum Gasteiger partial charge on any atom is 0.298 e. The first-order chi connectivity index (χ1) is 7.39. The summed E-state index contributed by atoms with van der Waals surface area (Å²) in [4.78, 5) is -0.521. The van der Waals surface area contributed by atoms with Crippen LogP contribution in [0.5, 0.6) is 5.75 Å². The highest BCUT2D eigenvalue weighted by Gasteiger charge is 2.19. The highest BCUT2D eigenvalue weighted by Crippen LogP contribution is 2.32. The van der Waals surface area contributed by atoms with Gasteiger partial charge in [0, 0.05) is 10.4 Å². The van der Waals surface area contributed by atoms with Gasteiger partial charge in [0.2, 0.25) is 0 Å². The van der Waals surface area contributed by atoms with Crippen molar-refractivity contribution in [1.29, 1.82) is 0 Å². The monoisotopic (exact) mass is 258 g/mol. The third-order valence-corrected chi connectivity index (χ3v) is 3.35. The van der Waals surface area contributed by atoms with Gasteiger partial charge in [0.1, 0.15) is 10.6 Å². The molecule has 2 N–H and O–H groups in total. The van der Waals surface area contributed by atoms with Crippen LogP contribution in [0.3, 0.4) is 0 Å². The zero-order valence-corrected chi connectivity index (χ0v) is 9.46. The quantitative estimate of drug-likeness (QED) is 0.771. The number of fused-ring (bicyclic) bond motifs is 1. The number of benzene rings is 2. The van der Waals surface area contributed by atoms with Crippen molar-refractivity contribution in [2.45, 2.75) is 4.90 Å². The predicted molar refractivity (Wildman–Crippen MR) is 60.4 cm³/mol. The second kappa shape index (κ2) is 3.62. The van der Waals surface area contributed by atoms with Gasteiger partial charge in [-0.25, -0.2) is 0 Å². The first-order valence-corrected chi connectivity index (χ1v) is 6.10. The summed E-state index contributed by atoms with van der Waals surface area (Å²) >= 11 is 5.73. The van der Waals surface area contributed by atoms with Gasteiger partial charge in [-0.05, 0) is 23.6 Å². The van der Waals surface area contributed by atoms with Gasteiger partial charge in [-0.15, -0.1) is 0 Å². The molecule has 0 unspecified atom stereocenters. The fourth-order valence-electron chi connectivity index (χ4n) is 1.52. The Bertz CT molecular complexity index is 659. The molecule has 2 aromatic rings. The lowest BCUT2D eigenvalue weighted by atomic mass is 10.1. The lowest BCUT2D eigenvalue weighted by Crippen LogP contribution is -1.99. The van der Waals surface area contributed by atoms with Crippen molar-refractivity contribution in [3.8, 4) is 5.75 Å². The van der Waals surface area contributed by atoms with Gasteiger partial charge in [0.15, 0.2) is 0 Å². The van der Waals surface area contributed by atoms with E-state index in [1.165, 1.54) is 18.2 Å². The number of rotatable bonds is 1. The number of phenolic OH excluding ortho intramolecular Hbond substituents is 1. The van der Waals surface area contributed by atoms with Gasteiger partial charge < -0.3 is 5.11 Å². The third kappa shape index (κ3) is 1.84. The second-order valence-electron chi connectivity index (χ2n) is 3.25. The lowest BCUT2D eigenvalue weighted by Gasteiger charge is -2.06. The SMILES string of the molecule is O=S(=O)(O)c1c(O)ccc2ccc(Cl)cc12. The van der Waals surface area contributed by atoms with E-state index in [0.29, 0.717) is 10.4 Å². The van der Waals surface area contributed by atoms with E-state index in [0.717, 1.165) is 0 Å². The molecule has 0 aliphatic rings. The van der Waals surface area contributed by atoms with Gasteiger partial charge >= 0.3 is 0 Å². The van der Waals surface area contributed by atoms with Crippen LogP contribution < -0.4 is 0 Å². The molecule has 84 valence electrons. The molecule has 0 spiro atoms. The lowest BCUT2D eigenvalue weighted by molar-refractivity contribution is 0.445. The maximum atomic E-state index is 11.1. The van der Waals surface area contributed by atoms with Gasteiger partial charge in [0.25, 0.3) is 10.1 Å². The fraction of sp³-hybridized carbons (Fsp3) is 0. The predicted octanol–water partition coefficient (Wildman–Crippen LogP) is 2.45. The van der Waals surface area contributed by atoms with Gasteiger partial charge in [0.05, 0.1) is 0 Å². The minimum absolute atomic E-state index is 0.190.